The standard InChI is InChI=1S/C4H8N2O3.NO3/c5-2(4(8)9)1-3(6)7;2-1(3)4/h2H,1,5H2,(H2,6,7)(H,8,9);/q;-1/p+1/t2-;/m1./s1. The van der Waals surface area contributed by atoms with Crippen molar-refractivity contribution in [3.63, 3.8) is 0 Å². The van der Waals surface area contributed by atoms with Crippen molar-refractivity contribution in [1.82, 2.24) is 0 Å². The van der Waals surface area contributed by atoms with Gasteiger partial charge in [-0.15, -0.1) is 0 Å². The van der Waals surface area contributed by atoms with Crippen LogP contribution in [0.15, 0.2) is 0 Å². The average Bonchev–Trinajstić information content (AvgIpc) is 1.83. The summed E-state index contributed by atoms with van der Waals surface area (Å²) < 4.78 is 0. The minimum Gasteiger partial charge on any atom is -0.477 e. The van der Waals surface area contributed by atoms with Crippen molar-refractivity contribution in [3.05, 3.63) is 15.3 Å². The molecule has 0 aliphatic carbocycles. The Morgan fingerprint density at radius 2 is 1.85 bits per heavy atom. The summed E-state index contributed by atoms with van der Waals surface area (Å²) in [4.78, 5) is 28.2. The maximum absolute atomic E-state index is 10.0. The van der Waals surface area contributed by atoms with Gasteiger partial charge in [0, 0.05) is 0 Å². The molecule has 0 aromatic heterocycles. The van der Waals surface area contributed by atoms with E-state index in [4.69, 9.17) is 20.4 Å². The van der Waals surface area contributed by atoms with Crippen LogP contribution in [0, 0.1) is 15.3 Å². The van der Waals surface area contributed by atoms with E-state index in [2.05, 4.69) is 11.5 Å². The Morgan fingerprint density at radius 3 is 1.92 bits per heavy atom. The summed E-state index contributed by atoms with van der Waals surface area (Å²) in [5, 5.41) is 22.9. The molecule has 1 amide bonds. The number of nitrogens with zero attached hydrogens (tertiary/aromatic N) is 1. The van der Waals surface area contributed by atoms with Crippen LogP contribution in [-0.4, -0.2) is 28.1 Å². The summed E-state index contributed by atoms with van der Waals surface area (Å²) in [6.07, 6.45) is -0.199. The predicted octanol–water partition coefficient (Wildman–Crippen LogP) is -2.68. The summed E-state index contributed by atoms with van der Waals surface area (Å²) in [6.45, 7) is 0. The van der Waals surface area contributed by atoms with Crippen molar-refractivity contribution in [2.45, 2.75) is 12.5 Å². The Hall–Kier alpha value is -1.90. The average molecular weight is 195 g/mol. The van der Waals surface area contributed by atoms with Crippen molar-refractivity contribution in [1.29, 1.82) is 0 Å². The highest BCUT2D eigenvalue weighted by Gasteiger charge is 2.17. The number of rotatable bonds is 3. The first-order valence-corrected chi connectivity index (χ1v) is 2.93. The van der Waals surface area contributed by atoms with Crippen LogP contribution in [0.25, 0.3) is 0 Å². The first-order chi connectivity index (χ1) is 5.77. The van der Waals surface area contributed by atoms with Gasteiger partial charge in [0.15, 0.2) is 6.04 Å². The first-order valence-electron chi connectivity index (χ1n) is 2.93. The molecule has 76 valence electrons. The Kier molecular flexibility index (Phi) is 7.14. The van der Waals surface area contributed by atoms with Gasteiger partial charge < -0.3 is 31.9 Å². The van der Waals surface area contributed by atoms with Gasteiger partial charge in [0.2, 0.25) is 5.91 Å². The molecule has 0 aromatic carbocycles. The summed E-state index contributed by atoms with van der Waals surface area (Å²) in [7, 11) is 0. The van der Waals surface area contributed by atoms with Crippen LogP contribution in [-0.2, 0) is 9.59 Å². The monoisotopic (exact) mass is 195 g/mol. The van der Waals surface area contributed by atoms with Crippen LogP contribution in [0.4, 0.5) is 0 Å². The van der Waals surface area contributed by atoms with Crippen LogP contribution in [0.5, 0.6) is 0 Å². The molecule has 1 atom stereocenters. The van der Waals surface area contributed by atoms with Gasteiger partial charge in [-0.25, -0.2) is 4.79 Å². The molecule has 0 aliphatic rings. The van der Waals surface area contributed by atoms with Gasteiger partial charge >= 0.3 is 5.97 Å². The van der Waals surface area contributed by atoms with Crippen molar-refractivity contribution in [2.75, 3.05) is 0 Å². The molecular formula is C4H9N3O6. The molecule has 6 N–H and O–H groups in total. The highest BCUT2D eigenvalue weighted by atomic mass is 16.9. The zero-order valence-corrected chi connectivity index (χ0v) is 6.50. The van der Waals surface area contributed by atoms with E-state index >= 15 is 0 Å². The maximum atomic E-state index is 10.0. The number of amides is 1. The normalized spacial score (nSPS) is 10.5. The fourth-order valence-corrected chi connectivity index (χ4v) is 0.330. The lowest BCUT2D eigenvalue weighted by molar-refractivity contribution is -0.406. The maximum Gasteiger partial charge on any atom is 0.362 e. The van der Waals surface area contributed by atoms with Crippen molar-refractivity contribution in [3.8, 4) is 0 Å². The van der Waals surface area contributed by atoms with E-state index in [1.54, 1.807) is 0 Å². The van der Waals surface area contributed by atoms with E-state index in [0.717, 1.165) is 0 Å². The topological polar surface area (TPSA) is 174 Å². The van der Waals surface area contributed by atoms with E-state index in [9.17, 15) is 9.59 Å². The van der Waals surface area contributed by atoms with Crippen LogP contribution < -0.4 is 11.5 Å². The van der Waals surface area contributed by atoms with Gasteiger partial charge in [-0.1, -0.05) is 0 Å². The number of hydrogen-bond donors (Lipinski definition) is 3. The fraction of sp³-hybridized carbons (Fsp3) is 0.500. The Bertz CT molecular complexity index is 200. The molecule has 0 heterocycles. The van der Waals surface area contributed by atoms with Crippen LogP contribution in [0.2, 0.25) is 0 Å². The highest BCUT2D eigenvalue weighted by Crippen LogP contribution is 1.81. The third-order valence-electron chi connectivity index (χ3n) is 0.797. The van der Waals surface area contributed by atoms with Gasteiger partial charge in [-0.2, -0.15) is 0 Å². The van der Waals surface area contributed by atoms with E-state index < -0.39 is 23.0 Å². The second-order valence-electron chi connectivity index (χ2n) is 1.93. The molecular weight excluding hydrogens is 186 g/mol. The fourth-order valence-electron chi connectivity index (χ4n) is 0.330. The lowest BCUT2D eigenvalue weighted by atomic mass is 10.2. The number of quaternary nitrogens is 1. The number of carboxylic acids is 1. The molecule has 0 saturated carbocycles. The summed E-state index contributed by atoms with van der Waals surface area (Å²) >= 11 is 0. The van der Waals surface area contributed by atoms with Crippen LogP contribution in [0.1, 0.15) is 6.42 Å². The minimum absolute atomic E-state index is 0.199. The summed E-state index contributed by atoms with van der Waals surface area (Å²) in [6, 6.07) is -0.914. The third kappa shape index (κ3) is 17.8. The zero-order chi connectivity index (χ0) is 11.0. The lowest BCUT2D eigenvalue weighted by Crippen LogP contribution is -2.65. The number of carbonyl (C=O) groups excluding carboxylic acids is 1. The summed E-state index contributed by atoms with van der Waals surface area (Å²) in [5.41, 5.74) is 7.87. The third-order valence-corrected chi connectivity index (χ3v) is 0.797. The van der Waals surface area contributed by atoms with E-state index in [0.29, 0.717) is 0 Å². The molecule has 13 heavy (non-hydrogen) atoms. The molecule has 0 fully saturated rings. The lowest BCUT2D eigenvalue weighted by Gasteiger charge is -1.96. The number of primary amides is 1. The molecule has 0 spiro atoms. The van der Waals surface area contributed by atoms with E-state index in [1.165, 1.54) is 0 Å². The van der Waals surface area contributed by atoms with Gasteiger partial charge in [-0.05, 0) is 0 Å². The van der Waals surface area contributed by atoms with E-state index in [-0.39, 0.29) is 6.42 Å². The van der Waals surface area contributed by atoms with Gasteiger partial charge in [0.1, 0.15) is 0 Å². The van der Waals surface area contributed by atoms with Crippen molar-refractivity contribution in [2.24, 2.45) is 5.73 Å². The molecule has 0 aliphatic heterocycles. The molecule has 0 bridgehead atoms. The molecule has 0 rings (SSSR count). The van der Waals surface area contributed by atoms with Crippen LogP contribution in [0.3, 0.4) is 0 Å². The van der Waals surface area contributed by atoms with Crippen molar-refractivity contribution >= 4 is 11.9 Å². The predicted molar refractivity (Wildman–Crippen MR) is 38.5 cm³/mol. The van der Waals surface area contributed by atoms with Crippen molar-refractivity contribution < 1.29 is 25.5 Å². The highest BCUT2D eigenvalue weighted by molar-refractivity contribution is 5.81. The second-order valence-corrected chi connectivity index (χ2v) is 1.93. The van der Waals surface area contributed by atoms with Gasteiger partial charge in [-0.3, -0.25) is 4.79 Å². The Labute approximate surface area is 72.0 Å². The Balaban J connectivity index is 0. The largest absolute Gasteiger partial charge is 0.477 e. The smallest absolute Gasteiger partial charge is 0.362 e. The van der Waals surface area contributed by atoms with E-state index in [1.807, 2.05) is 0 Å². The van der Waals surface area contributed by atoms with Crippen LogP contribution >= 0.6 is 0 Å². The van der Waals surface area contributed by atoms with Gasteiger partial charge in [0.05, 0.1) is 11.5 Å². The SMILES string of the molecule is NC(=O)C[C@@H]([NH3+])C(=O)O.O=[N+]([O-])[O-]. The quantitative estimate of drug-likeness (QED) is 0.326. The molecule has 0 radical (unpaired) electrons. The summed E-state index contributed by atoms with van der Waals surface area (Å²) in [5.74, 6) is -1.74. The number of carbonyl (C=O) groups is 2. The molecule has 0 aromatic rings. The number of nitrogens with two attached hydrogens (primary N) is 1. The molecule has 9 heteroatoms. The van der Waals surface area contributed by atoms with Gasteiger partial charge in [0.25, 0.3) is 0 Å². The number of aliphatic carboxylic acids is 1. The molecule has 0 saturated heterocycles. The molecule has 9 nitrogen and oxygen atoms in total. The number of carboxylic acid groups (broad SMARTS) is 1. The first kappa shape index (κ1) is 13.7. The second kappa shape index (κ2) is 6.79. The Morgan fingerprint density at radius 1 is 1.54 bits per heavy atom. The zero-order valence-electron chi connectivity index (χ0n) is 6.50. The number of hydrogen-bond acceptors (Lipinski definition) is 5. The molecule has 0 unspecified atom stereocenters. The minimum atomic E-state index is -1.75.